The molecule has 2 heterocycles. The highest BCUT2D eigenvalue weighted by molar-refractivity contribution is 7.09. The van der Waals surface area contributed by atoms with Gasteiger partial charge in [-0.25, -0.2) is 9.67 Å². The molecule has 0 bridgehead atoms. The van der Waals surface area contributed by atoms with Crippen molar-refractivity contribution in [2.24, 2.45) is 0 Å². The molecule has 0 unspecified atom stereocenters. The van der Waals surface area contributed by atoms with Crippen LogP contribution in [0.15, 0.2) is 60.0 Å². The minimum absolute atomic E-state index is 0.158. The van der Waals surface area contributed by atoms with Gasteiger partial charge in [-0.3, -0.25) is 4.79 Å². The summed E-state index contributed by atoms with van der Waals surface area (Å²) in [5.41, 5.74) is 5.78. The monoisotopic (exact) mass is 388 g/mol. The predicted octanol–water partition coefficient (Wildman–Crippen LogP) is 5.17. The highest BCUT2D eigenvalue weighted by Crippen LogP contribution is 2.24. The molecular weight excluding hydrogens is 368 g/mol. The zero-order valence-electron chi connectivity index (χ0n) is 15.9. The summed E-state index contributed by atoms with van der Waals surface area (Å²) in [4.78, 5) is 17.4. The second kappa shape index (κ2) is 7.40. The van der Waals surface area contributed by atoms with Gasteiger partial charge in [-0.2, -0.15) is 5.10 Å². The Hall–Kier alpha value is -3.25. The first-order valence-electron chi connectivity index (χ1n) is 8.98. The zero-order valence-corrected chi connectivity index (χ0v) is 16.7. The molecule has 1 N–H and O–H groups in total. The maximum atomic E-state index is 12.9. The summed E-state index contributed by atoms with van der Waals surface area (Å²) in [7, 11) is 0. The van der Waals surface area contributed by atoms with Crippen molar-refractivity contribution in [3.63, 3.8) is 0 Å². The zero-order chi connectivity index (χ0) is 19.7. The van der Waals surface area contributed by atoms with E-state index in [-0.39, 0.29) is 5.91 Å². The van der Waals surface area contributed by atoms with Crippen molar-refractivity contribution < 1.29 is 4.79 Å². The first kappa shape index (κ1) is 18.1. The Morgan fingerprint density at radius 3 is 2.36 bits per heavy atom. The molecule has 0 fully saturated rings. The van der Waals surface area contributed by atoms with Gasteiger partial charge < -0.3 is 5.32 Å². The molecule has 6 heteroatoms. The number of nitrogens with zero attached hydrogens (tertiary/aromatic N) is 3. The number of anilines is 1. The SMILES string of the molecule is Cc1nc(-c2ccc(NC(=O)c3c(C)nn(-c4ccccc4)c3C)cc2)cs1. The third-order valence-electron chi connectivity index (χ3n) is 4.58. The second-order valence-electron chi connectivity index (χ2n) is 6.58. The molecule has 1 amide bonds. The van der Waals surface area contributed by atoms with E-state index in [1.165, 1.54) is 0 Å². The molecule has 0 atom stereocenters. The van der Waals surface area contributed by atoms with Gasteiger partial charge in [0, 0.05) is 16.6 Å². The molecular formula is C22H20N4OS. The van der Waals surface area contributed by atoms with Gasteiger partial charge in [0.2, 0.25) is 0 Å². The number of hydrogen-bond acceptors (Lipinski definition) is 4. The van der Waals surface area contributed by atoms with Crippen molar-refractivity contribution in [3.05, 3.63) is 81.9 Å². The summed E-state index contributed by atoms with van der Waals surface area (Å²) < 4.78 is 1.80. The number of rotatable bonds is 4. The van der Waals surface area contributed by atoms with Crippen molar-refractivity contribution >= 4 is 22.9 Å². The van der Waals surface area contributed by atoms with Crippen molar-refractivity contribution in [3.8, 4) is 16.9 Å². The smallest absolute Gasteiger partial charge is 0.259 e. The van der Waals surface area contributed by atoms with Crippen LogP contribution in [0.2, 0.25) is 0 Å². The third-order valence-corrected chi connectivity index (χ3v) is 5.35. The maximum absolute atomic E-state index is 12.9. The van der Waals surface area contributed by atoms with Crippen molar-refractivity contribution in [1.82, 2.24) is 14.8 Å². The van der Waals surface area contributed by atoms with Crippen LogP contribution >= 0.6 is 11.3 Å². The Labute approximate surface area is 167 Å². The molecule has 0 saturated carbocycles. The number of thiazole rings is 1. The Kier molecular flexibility index (Phi) is 4.79. The van der Waals surface area contributed by atoms with Gasteiger partial charge in [0.1, 0.15) is 0 Å². The lowest BCUT2D eigenvalue weighted by Gasteiger charge is -2.07. The van der Waals surface area contributed by atoms with Crippen molar-refractivity contribution in [2.45, 2.75) is 20.8 Å². The van der Waals surface area contributed by atoms with Gasteiger partial charge in [0.25, 0.3) is 5.91 Å². The summed E-state index contributed by atoms with van der Waals surface area (Å²) >= 11 is 1.62. The molecule has 4 rings (SSSR count). The van der Waals surface area contributed by atoms with E-state index in [1.807, 2.05) is 80.7 Å². The molecule has 0 aliphatic heterocycles. The Morgan fingerprint density at radius 1 is 1.00 bits per heavy atom. The van der Waals surface area contributed by atoms with Crippen molar-refractivity contribution in [2.75, 3.05) is 5.32 Å². The van der Waals surface area contributed by atoms with Crippen molar-refractivity contribution in [1.29, 1.82) is 0 Å². The van der Waals surface area contributed by atoms with E-state index in [9.17, 15) is 4.79 Å². The molecule has 2 aromatic heterocycles. The number of aryl methyl sites for hydroxylation is 2. The van der Waals surface area contributed by atoms with Crippen LogP contribution in [0.3, 0.4) is 0 Å². The van der Waals surface area contributed by atoms with E-state index in [0.717, 1.165) is 33.3 Å². The average Bonchev–Trinajstić information content (AvgIpc) is 3.26. The van der Waals surface area contributed by atoms with E-state index in [2.05, 4.69) is 15.4 Å². The third kappa shape index (κ3) is 3.46. The summed E-state index contributed by atoms with van der Waals surface area (Å²) in [6.45, 7) is 5.76. The molecule has 0 radical (unpaired) electrons. The van der Waals surface area contributed by atoms with E-state index in [1.54, 1.807) is 16.0 Å². The van der Waals surface area contributed by atoms with Crippen LogP contribution in [0.1, 0.15) is 26.8 Å². The van der Waals surface area contributed by atoms with E-state index < -0.39 is 0 Å². The van der Waals surface area contributed by atoms with Gasteiger partial charge in [0.15, 0.2) is 0 Å². The van der Waals surface area contributed by atoms with E-state index in [4.69, 9.17) is 0 Å². The minimum Gasteiger partial charge on any atom is -0.322 e. The number of benzene rings is 2. The van der Waals surface area contributed by atoms with Gasteiger partial charge in [-0.05, 0) is 45.0 Å². The lowest BCUT2D eigenvalue weighted by Crippen LogP contribution is -2.14. The molecule has 5 nitrogen and oxygen atoms in total. The highest BCUT2D eigenvalue weighted by Gasteiger charge is 2.19. The first-order chi connectivity index (χ1) is 13.5. The molecule has 0 saturated heterocycles. The van der Waals surface area contributed by atoms with Crippen LogP contribution in [-0.4, -0.2) is 20.7 Å². The van der Waals surface area contributed by atoms with Crippen LogP contribution < -0.4 is 5.32 Å². The first-order valence-corrected chi connectivity index (χ1v) is 9.86. The fraction of sp³-hybridized carbons (Fsp3) is 0.136. The maximum Gasteiger partial charge on any atom is 0.259 e. The normalized spacial score (nSPS) is 10.8. The highest BCUT2D eigenvalue weighted by atomic mass is 32.1. The van der Waals surface area contributed by atoms with Gasteiger partial charge in [-0.1, -0.05) is 30.3 Å². The molecule has 0 aliphatic carbocycles. The van der Waals surface area contributed by atoms with Gasteiger partial charge >= 0.3 is 0 Å². The number of amides is 1. The van der Waals surface area contributed by atoms with Crippen LogP contribution in [0.4, 0.5) is 5.69 Å². The summed E-state index contributed by atoms with van der Waals surface area (Å²) in [6, 6.07) is 17.5. The Bertz CT molecular complexity index is 1130. The van der Waals surface area contributed by atoms with Crippen LogP contribution in [0, 0.1) is 20.8 Å². The number of hydrogen-bond donors (Lipinski definition) is 1. The summed E-state index contributed by atoms with van der Waals surface area (Å²) in [6.07, 6.45) is 0. The summed E-state index contributed by atoms with van der Waals surface area (Å²) in [5, 5.41) is 10.6. The van der Waals surface area contributed by atoms with Gasteiger partial charge in [-0.15, -0.1) is 11.3 Å². The largest absolute Gasteiger partial charge is 0.322 e. The molecule has 4 aromatic rings. The predicted molar refractivity (Wildman–Crippen MR) is 113 cm³/mol. The number of carbonyl (C=O) groups excluding carboxylic acids is 1. The standard InChI is InChI=1S/C22H20N4OS/c1-14-21(15(2)26(25-14)19-7-5-4-6-8-19)22(27)24-18-11-9-17(10-12-18)20-13-28-16(3)23-20/h4-13H,1-3H3,(H,24,27). The lowest BCUT2D eigenvalue weighted by molar-refractivity contribution is 0.102. The Balaban J connectivity index is 1.56. The minimum atomic E-state index is -0.158. The fourth-order valence-corrected chi connectivity index (χ4v) is 3.83. The number of aromatic nitrogens is 3. The quantitative estimate of drug-likeness (QED) is 0.524. The number of para-hydroxylation sites is 1. The molecule has 0 aliphatic rings. The summed E-state index contributed by atoms with van der Waals surface area (Å²) in [5.74, 6) is -0.158. The Morgan fingerprint density at radius 2 is 1.71 bits per heavy atom. The molecule has 0 spiro atoms. The average molecular weight is 388 g/mol. The fourth-order valence-electron chi connectivity index (χ4n) is 3.21. The molecule has 28 heavy (non-hydrogen) atoms. The van der Waals surface area contributed by atoms with Gasteiger partial charge in [0.05, 0.1) is 33.3 Å². The topological polar surface area (TPSA) is 59.8 Å². The number of nitrogens with one attached hydrogen (secondary N) is 1. The second-order valence-corrected chi connectivity index (χ2v) is 7.64. The van der Waals surface area contributed by atoms with Crippen LogP contribution in [0.25, 0.3) is 16.9 Å². The van der Waals surface area contributed by atoms with Crippen LogP contribution in [-0.2, 0) is 0 Å². The van der Waals surface area contributed by atoms with E-state index in [0.29, 0.717) is 11.3 Å². The number of carbonyl (C=O) groups is 1. The van der Waals surface area contributed by atoms with Crippen LogP contribution in [0.5, 0.6) is 0 Å². The lowest BCUT2D eigenvalue weighted by atomic mass is 10.1. The van der Waals surface area contributed by atoms with E-state index >= 15 is 0 Å². The molecule has 140 valence electrons. The molecule has 2 aromatic carbocycles.